The van der Waals surface area contributed by atoms with Gasteiger partial charge in [-0.3, -0.25) is 4.57 Å². The van der Waals surface area contributed by atoms with Crippen LogP contribution in [0.5, 0.6) is 0 Å². The Kier molecular flexibility index (Phi) is 5.53. The Labute approximate surface area is 103 Å². The molecule has 0 fully saturated rings. The van der Waals surface area contributed by atoms with E-state index in [1.807, 2.05) is 6.20 Å². The van der Waals surface area contributed by atoms with E-state index >= 15 is 0 Å². The van der Waals surface area contributed by atoms with Crippen LogP contribution in [0, 0.1) is 0 Å². The van der Waals surface area contributed by atoms with Crippen LogP contribution in [0.4, 0.5) is 5.82 Å². The SMILES string of the molecule is C=Cn1c(SC)ccc1N(CCC)CCC. The first-order valence-corrected chi connectivity index (χ1v) is 7.13. The van der Waals surface area contributed by atoms with Crippen molar-refractivity contribution in [3.63, 3.8) is 0 Å². The molecule has 1 aromatic heterocycles. The molecule has 1 aromatic rings. The normalized spacial score (nSPS) is 10.4. The van der Waals surface area contributed by atoms with Crippen molar-refractivity contribution in [3.05, 3.63) is 18.7 Å². The molecule has 0 unspecified atom stereocenters. The molecule has 0 aliphatic rings. The van der Waals surface area contributed by atoms with Crippen LogP contribution in [0.25, 0.3) is 6.20 Å². The summed E-state index contributed by atoms with van der Waals surface area (Å²) in [5.41, 5.74) is 0. The number of nitrogens with zero attached hydrogens (tertiary/aromatic N) is 2. The van der Waals surface area contributed by atoms with E-state index in [1.165, 1.54) is 23.7 Å². The summed E-state index contributed by atoms with van der Waals surface area (Å²) in [6.07, 6.45) is 6.36. The van der Waals surface area contributed by atoms with Gasteiger partial charge >= 0.3 is 0 Å². The molecule has 0 aliphatic carbocycles. The lowest BCUT2D eigenvalue weighted by molar-refractivity contribution is 0.724. The van der Waals surface area contributed by atoms with E-state index in [0.717, 1.165) is 13.1 Å². The summed E-state index contributed by atoms with van der Waals surface area (Å²) in [6, 6.07) is 4.36. The summed E-state index contributed by atoms with van der Waals surface area (Å²) < 4.78 is 2.18. The molecule has 1 rings (SSSR count). The second kappa shape index (κ2) is 6.69. The third kappa shape index (κ3) is 2.85. The molecular formula is C13H22N2S. The molecule has 0 spiro atoms. The van der Waals surface area contributed by atoms with Crippen LogP contribution in [-0.2, 0) is 0 Å². The van der Waals surface area contributed by atoms with Crippen molar-refractivity contribution in [1.29, 1.82) is 0 Å². The van der Waals surface area contributed by atoms with E-state index in [1.54, 1.807) is 11.8 Å². The first-order chi connectivity index (χ1) is 7.78. The van der Waals surface area contributed by atoms with Gasteiger partial charge in [-0.05, 0) is 31.2 Å². The van der Waals surface area contributed by atoms with Gasteiger partial charge in [0.05, 0.1) is 5.03 Å². The second-order valence-electron chi connectivity index (χ2n) is 3.77. The Morgan fingerprint density at radius 3 is 2.38 bits per heavy atom. The number of hydrogen-bond acceptors (Lipinski definition) is 2. The highest BCUT2D eigenvalue weighted by atomic mass is 32.2. The first-order valence-electron chi connectivity index (χ1n) is 5.91. The van der Waals surface area contributed by atoms with E-state index in [9.17, 15) is 0 Å². The Morgan fingerprint density at radius 2 is 1.94 bits per heavy atom. The molecule has 0 bridgehead atoms. The largest absolute Gasteiger partial charge is 0.358 e. The van der Waals surface area contributed by atoms with Gasteiger partial charge in [0.15, 0.2) is 0 Å². The lowest BCUT2D eigenvalue weighted by Crippen LogP contribution is -2.26. The van der Waals surface area contributed by atoms with Gasteiger partial charge in [-0.25, -0.2) is 0 Å². The van der Waals surface area contributed by atoms with Gasteiger partial charge in [0, 0.05) is 19.3 Å². The van der Waals surface area contributed by atoms with Crippen molar-refractivity contribution in [2.24, 2.45) is 0 Å². The molecule has 0 saturated carbocycles. The zero-order valence-corrected chi connectivity index (χ0v) is 11.4. The number of anilines is 1. The third-order valence-corrected chi connectivity index (χ3v) is 3.31. The number of aromatic nitrogens is 1. The molecule has 1 heterocycles. The van der Waals surface area contributed by atoms with E-state index in [2.05, 4.69) is 48.3 Å². The third-order valence-electron chi connectivity index (χ3n) is 2.56. The zero-order chi connectivity index (χ0) is 12.0. The van der Waals surface area contributed by atoms with Crippen molar-refractivity contribution in [3.8, 4) is 0 Å². The van der Waals surface area contributed by atoms with Gasteiger partial charge < -0.3 is 4.90 Å². The maximum atomic E-state index is 3.90. The van der Waals surface area contributed by atoms with Gasteiger partial charge in [0.1, 0.15) is 5.82 Å². The quantitative estimate of drug-likeness (QED) is 0.665. The molecule has 0 saturated heterocycles. The van der Waals surface area contributed by atoms with Gasteiger partial charge in [-0.2, -0.15) is 0 Å². The standard InChI is InChI=1S/C13H22N2S/c1-5-10-14(11-6-2)12-8-9-13(16-4)15(12)7-3/h7-9H,3,5-6,10-11H2,1-2,4H3. The summed E-state index contributed by atoms with van der Waals surface area (Å²) in [5.74, 6) is 1.27. The summed E-state index contributed by atoms with van der Waals surface area (Å²) in [4.78, 5) is 2.43. The summed E-state index contributed by atoms with van der Waals surface area (Å²) >= 11 is 1.76. The Bertz CT molecular complexity index is 325. The average Bonchev–Trinajstić information content (AvgIpc) is 2.71. The Hall–Kier alpha value is -0.830. The van der Waals surface area contributed by atoms with Gasteiger partial charge in [0.2, 0.25) is 0 Å². The molecule has 16 heavy (non-hydrogen) atoms. The lowest BCUT2D eigenvalue weighted by atomic mass is 10.3. The monoisotopic (exact) mass is 238 g/mol. The minimum absolute atomic E-state index is 1.11. The highest BCUT2D eigenvalue weighted by molar-refractivity contribution is 7.98. The van der Waals surface area contributed by atoms with Crippen LogP contribution >= 0.6 is 11.8 Å². The predicted molar refractivity (Wildman–Crippen MR) is 75.4 cm³/mol. The van der Waals surface area contributed by atoms with Crippen LogP contribution in [0.1, 0.15) is 26.7 Å². The highest BCUT2D eigenvalue weighted by Crippen LogP contribution is 2.26. The van der Waals surface area contributed by atoms with Crippen molar-refractivity contribution >= 4 is 23.8 Å². The van der Waals surface area contributed by atoms with Crippen LogP contribution in [0.15, 0.2) is 23.7 Å². The molecule has 0 N–H and O–H groups in total. The molecule has 0 amide bonds. The minimum Gasteiger partial charge on any atom is -0.358 e. The van der Waals surface area contributed by atoms with Crippen LogP contribution < -0.4 is 4.90 Å². The van der Waals surface area contributed by atoms with Crippen LogP contribution in [-0.4, -0.2) is 23.9 Å². The van der Waals surface area contributed by atoms with Gasteiger partial charge in [0.25, 0.3) is 0 Å². The van der Waals surface area contributed by atoms with E-state index in [0.29, 0.717) is 0 Å². The maximum absolute atomic E-state index is 3.90. The fraction of sp³-hybridized carbons (Fsp3) is 0.538. The van der Waals surface area contributed by atoms with Crippen molar-refractivity contribution in [2.75, 3.05) is 24.2 Å². The molecule has 0 atom stereocenters. The van der Waals surface area contributed by atoms with Crippen molar-refractivity contribution in [2.45, 2.75) is 31.7 Å². The van der Waals surface area contributed by atoms with Gasteiger partial charge in [-0.1, -0.05) is 20.4 Å². The molecule has 90 valence electrons. The Morgan fingerprint density at radius 1 is 1.31 bits per heavy atom. The summed E-state index contributed by atoms with van der Waals surface area (Å²) in [6.45, 7) is 10.6. The fourth-order valence-corrected chi connectivity index (χ4v) is 2.48. The molecule has 0 radical (unpaired) electrons. The smallest absolute Gasteiger partial charge is 0.113 e. The van der Waals surface area contributed by atoms with Crippen LogP contribution in [0.3, 0.4) is 0 Å². The molecule has 2 nitrogen and oxygen atoms in total. The minimum atomic E-state index is 1.11. The summed E-state index contributed by atoms with van der Waals surface area (Å²) in [5, 5.41) is 1.25. The van der Waals surface area contributed by atoms with Gasteiger partial charge in [-0.15, -0.1) is 11.8 Å². The Balaban J connectivity index is 2.98. The molecule has 0 aromatic carbocycles. The highest BCUT2D eigenvalue weighted by Gasteiger charge is 2.11. The molecule has 0 aliphatic heterocycles. The maximum Gasteiger partial charge on any atom is 0.113 e. The second-order valence-corrected chi connectivity index (χ2v) is 4.60. The number of rotatable bonds is 7. The fourth-order valence-electron chi connectivity index (χ4n) is 1.91. The average molecular weight is 238 g/mol. The van der Waals surface area contributed by atoms with E-state index in [-0.39, 0.29) is 0 Å². The predicted octanol–water partition coefficient (Wildman–Crippen LogP) is 3.94. The number of hydrogen-bond donors (Lipinski definition) is 0. The van der Waals surface area contributed by atoms with E-state index < -0.39 is 0 Å². The van der Waals surface area contributed by atoms with Crippen LogP contribution in [0.2, 0.25) is 0 Å². The molecule has 3 heteroatoms. The van der Waals surface area contributed by atoms with E-state index in [4.69, 9.17) is 0 Å². The summed E-state index contributed by atoms with van der Waals surface area (Å²) in [7, 11) is 0. The topological polar surface area (TPSA) is 8.17 Å². The zero-order valence-electron chi connectivity index (χ0n) is 10.6. The number of thioether (sulfide) groups is 1. The lowest BCUT2D eigenvalue weighted by Gasteiger charge is -2.24. The van der Waals surface area contributed by atoms with Crippen molar-refractivity contribution < 1.29 is 0 Å². The first kappa shape index (κ1) is 13.2. The van der Waals surface area contributed by atoms with Crippen molar-refractivity contribution in [1.82, 2.24) is 4.57 Å². The molecular weight excluding hydrogens is 216 g/mol.